The molecule has 0 radical (unpaired) electrons. The van der Waals surface area contributed by atoms with Gasteiger partial charge >= 0.3 is 6.09 Å². The second kappa shape index (κ2) is 5.17. The van der Waals surface area contributed by atoms with Crippen LogP contribution in [0.2, 0.25) is 0 Å². The Morgan fingerprint density at radius 3 is 2.58 bits per heavy atom. The number of carbonyl (C=O) groups is 1. The number of amides is 1. The van der Waals surface area contributed by atoms with Gasteiger partial charge in [-0.25, -0.2) is 4.79 Å². The first-order chi connectivity index (χ1) is 8.72. The number of hydrogen-bond acceptors (Lipinski definition) is 4. The van der Waals surface area contributed by atoms with Crippen molar-refractivity contribution in [3.63, 3.8) is 0 Å². The predicted molar refractivity (Wildman–Crippen MR) is 79.4 cm³/mol. The maximum absolute atomic E-state index is 12.1. The zero-order chi connectivity index (χ0) is 14.3. The topological polar surface area (TPSA) is 41.6 Å². The van der Waals surface area contributed by atoms with Gasteiger partial charge in [-0.05, 0) is 34.1 Å². The monoisotopic (exact) mass is 286 g/mol. The summed E-state index contributed by atoms with van der Waals surface area (Å²) in [6, 6.07) is 0.570. The summed E-state index contributed by atoms with van der Waals surface area (Å²) in [5.41, 5.74) is -0.412. The van der Waals surface area contributed by atoms with Crippen molar-refractivity contribution in [2.45, 2.75) is 57.6 Å². The van der Waals surface area contributed by atoms with E-state index in [1.165, 1.54) is 0 Å². The molecule has 1 spiro atoms. The number of carbonyl (C=O) groups excluding carboxylic acids is 1. The smallest absolute Gasteiger partial charge is 0.410 e. The molecule has 2 aliphatic heterocycles. The van der Waals surface area contributed by atoms with Crippen molar-refractivity contribution < 1.29 is 9.53 Å². The molecule has 0 aromatic carbocycles. The number of rotatable bonds is 0. The van der Waals surface area contributed by atoms with Crippen molar-refractivity contribution in [1.29, 1.82) is 0 Å². The van der Waals surface area contributed by atoms with Gasteiger partial charge in [-0.15, -0.1) is 11.8 Å². The highest BCUT2D eigenvalue weighted by molar-refractivity contribution is 8.00. The first kappa shape index (κ1) is 15.0. The highest BCUT2D eigenvalue weighted by Gasteiger charge is 2.46. The quantitative estimate of drug-likeness (QED) is 0.743. The van der Waals surface area contributed by atoms with Crippen molar-refractivity contribution in [3.05, 3.63) is 0 Å². The fraction of sp³-hybridized carbons (Fsp3) is 0.929. The molecule has 2 fully saturated rings. The summed E-state index contributed by atoms with van der Waals surface area (Å²) in [5.74, 6) is 1.61. The lowest BCUT2D eigenvalue weighted by Crippen LogP contribution is -2.57. The van der Waals surface area contributed by atoms with Gasteiger partial charge in [0.05, 0.1) is 4.87 Å². The molecule has 1 amide bonds. The van der Waals surface area contributed by atoms with Gasteiger partial charge in [0.1, 0.15) is 5.60 Å². The van der Waals surface area contributed by atoms with Crippen LogP contribution in [0.5, 0.6) is 0 Å². The number of hydrogen-bond donors (Lipinski definition) is 1. The van der Waals surface area contributed by atoms with Crippen LogP contribution in [-0.2, 0) is 4.74 Å². The zero-order valence-corrected chi connectivity index (χ0v) is 13.5. The molecule has 0 aromatic rings. The van der Waals surface area contributed by atoms with E-state index < -0.39 is 5.60 Å². The fourth-order valence-electron chi connectivity index (χ4n) is 2.81. The lowest BCUT2D eigenvalue weighted by Gasteiger charge is -2.44. The minimum absolute atomic E-state index is 0.165. The van der Waals surface area contributed by atoms with Crippen molar-refractivity contribution in [1.82, 2.24) is 10.2 Å². The Morgan fingerprint density at radius 2 is 2.11 bits per heavy atom. The van der Waals surface area contributed by atoms with Gasteiger partial charge in [-0.2, -0.15) is 0 Å². The first-order valence-electron chi connectivity index (χ1n) is 7.11. The number of nitrogens with zero attached hydrogens (tertiary/aromatic N) is 1. The molecule has 2 heterocycles. The number of ether oxygens (including phenoxy) is 1. The van der Waals surface area contributed by atoms with Crippen LogP contribution >= 0.6 is 11.8 Å². The normalized spacial score (nSPS) is 35.7. The average molecular weight is 286 g/mol. The van der Waals surface area contributed by atoms with E-state index in [9.17, 15) is 4.79 Å². The molecule has 0 aliphatic carbocycles. The van der Waals surface area contributed by atoms with Gasteiger partial charge in [0.15, 0.2) is 0 Å². The van der Waals surface area contributed by atoms with Crippen LogP contribution < -0.4 is 5.32 Å². The molecule has 110 valence electrons. The maximum Gasteiger partial charge on any atom is 0.410 e. The molecule has 0 saturated carbocycles. The van der Waals surface area contributed by atoms with Gasteiger partial charge in [-0.3, -0.25) is 5.32 Å². The minimum atomic E-state index is -0.412. The lowest BCUT2D eigenvalue weighted by atomic mass is 9.92. The van der Waals surface area contributed by atoms with Gasteiger partial charge < -0.3 is 9.64 Å². The predicted octanol–water partition coefficient (Wildman–Crippen LogP) is 2.68. The molecule has 1 N–H and O–H groups in total. The van der Waals surface area contributed by atoms with Gasteiger partial charge in [0, 0.05) is 30.8 Å². The molecule has 2 saturated heterocycles. The highest BCUT2D eigenvalue weighted by atomic mass is 32.2. The third kappa shape index (κ3) is 3.37. The SMILES string of the molecule is CC1CSC2(CCN(C(=O)OC(C)(C)C)CC2C)N1. The number of thioether (sulfide) groups is 1. The van der Waals surface area contributed by atoms with Crippen LogP contribution in [0, 0.1) is 5.92 Å². The van der Waals surface area contributed by atoms with E-state index in [0.717, 1.165) is 25.3 Å². The summed E-state index contributed by atoms with van der Waals surface area (Å²) < 4.78 is 5.46. The van der Waals surface area contributed by atoms with E-state index in [0.29, 0.717) is 12.0 Å². The molecule has 5 heteroatoms. The number of likely N-dealkylation sites (tertiary alicyclic amines) is 1. The maximum atomic E-state index is 12.1. The average Bonchev–Trinajstić information content (AvgIpc) is 2.63. The van der Waals surface area contributed by atoms with Crippen LogP contribution in [-0.4, -0.2) is 46.3 Å². The Balaban J connectivity index is 1.95. The molecule has 0 bridgehead atoms. The van der Waals surface area contributed by atoms with E-state index in [2.05, 4.69) is 19.2 Å². The van der Waals surface area contributed by atoms with Crippen molar-refractivity contribution in [2.24, 2.45) is 5.92 Å². The molecular formula is C14H26N2O2S. The number of nitrogens with one attached hydrogen (secondary N) is 1. The third-order valence-corrected chi connectivity index (χ3v) is 5.68. The van der Waals surface area contributed by atoms with Crippen molar-refractivity contribution in [2.75, 3.05) is 18.8 Å². The Kier molecular flexibility index (Phi) is 4.07. The largest absolute Gasteiger partial charge is 0.444 e. The highest BCUT2D eigenvalue weighted by Crippen LogP contribution is 2.42. The molecular weight excluding hydrogens is 260 g/mol. The van der Waals surface area contributed by atoms with Crippen molar-refractivity contribution in [3.8, 4) is 0 Å². The third-order valence-electron chi connectivity index (χ3n) is 3.78. The summed E-state index contributed by atoms with van der Waals surface area (Å²) in [5, 5.41) is 3.71. The molecule has 2 aliphatic rings. The standard InChI is InChI=1S/C14H26N2O2S/c1-10-8-16(12(17)18-13(3,4)5)7-6-14(10)15-11(2)9-19-14/h10-11,15H,6-9H2,1-5H3. The van der Waals surface area contributed by atoms with Crippen LogP contribution in [0.25, 0.3) is 0 Å². The summed E-state index contributed by atoms with van der Waals surface area (Å²) >= 11 is 2.02. The van der Waals surface area contributed by atoms with E-state index in [-0.39, 0.29) is 11.0 Å². The molecule has 19 heavy (non-hydrogen) atoms. The van der Waals surface area contributed by atoms with Crippen LogP contribution in [0.15, 0.2) is 0 Å². The van der Waals surface area contributed by atoms with Gasteiger partial charge in [-0.1, -0.05) is 6.92 Å². The second-order valence-corrected chi connectivity index (χ2v) is 8.17. The molecule has 3 unspecified atom stereocenters. The van der Waals surface area contributed by atoms with E-state index in [1.807, 2.05) is 37.4 Å². The summed E-state index contributed by atoms with van der Waals surface area (Å²) in [4.78, 5) is 14.1. The lowest BCUT2D eigenvalue weighted by molar-refractivity contribution is 0.0125. The molecule has 4 nitrogen and oxygen atoms in total. The van der Waals surface area contributed by atoms with Crippen molar-refractivity contribution >= 4 is 17.9 Å². The van der Waals surface area contributed by atoms with E-state index in [4.69, 9.17) is 4.74 Å². The number of piperidine rings is 1. The molecule has 0 aromatic heterocycles. The molecule has 2 rings (SSSR count). The molecule has 3 atom stereocenters. The fourth-order valence-corrected chi connectivity index (χ4v) is 4.32. The van der Waals surface area contributed by atoms with E-state index >= 15 is 0 Å². The second-order valence-electron chi connectivity index (χ2n) is 6.82. The zero-order valence-electron chi connectivity index (χ0n) is 12.7. The van der Waals surface area contributed by atoms with Gasteiger partial charge in [0.25, 0.3) is 0 Å². The van der Waals surface area contributed by atoms with E-state index in [1.54, 1.807) is 0 Å². The Morgan fingerprint density at radius 1 is 1.42 bits per heavy atom. The summed E-state index contributed by atoms with van der Waals surface area (Å²) in [7, 11) is 0. The summed E-state index contributed by atoms with van der Waals surface area (Å²) in [6.45, 7) is 11.8. The Labute approximate surface area is 120 Å². The minimum Gasteiger partial charge on any atom is -0.444 e. The Hall–Kier alpha value is -0.420. The summed E-state index contributed by atoms with van der Waals surface area (Å²) in [6.07, 6.45) is 0.827. The van der Waals surface area contributed by atoms with Gasteiger partial charge in [0.2, 0.25) is 0 Å². The van der Waals surface area contributed by atoms with Crippen LogP contribution in [0.1, 0.15) is 41.0 Å². The van der Waals surface area contributed by atoms with Crippen LogP contribution in [0.4, 0.5) is 4.79 Å². The first-order valence-corrected chi connectivity index (χ1v) is 8.10. The van der Waals surface area contributed by atoms with Crippen LogP contribution in [0.3, 0.4) is 0 Å². The Bertz CT molecular complexity index is 356.